The lowest BCUT2D eigenvalue weighted by atomic mass is 9.60. The molecule has 1 saturated heterocycles. The van der Waals surface area contributed by atoms with Crippen molar-refractivity contribution in [3.8, 4) is 0 Å². The predicted molar refractivity (Wildman–Crippen MR) is 158 cm³/mol. The van der Waals surface area contributed by atoms with Crippen LogP contribution in [0.5, 0.6) is 0 Å². The zero-order valence-corrected chi connectivity index (χ0v) is 26.8. The van der Waals surface area contributed by atoms with Gasteiger partial charge in [0.2, 0.25) is 0 Å². The molecule has 0 amide bonds. The number of carbonyl (C=O) groups is 4. The number of carboxylic acid groups (broad SMARTS) is 3. The van der Waals surface area contributed by atoms with Gasteiger partial charge in [-0.1, -0.05) is 29.8 Å². The van der Waals surface area contributed by atoms with Crippen LogP contribution < -0.4 is 0 Å². The van der Waals surface area contributed by atoms with E-state index in [0.717, 1.165) is 11.1 Å². The number of hydrogen-bond acceptors (Lipinski definition) is 6. The first-order valence-corrected chi connectivity index (χ1v) is 14.6. The van der Waals surface area contributed by atoms with Crippen LogP contribution in [0.1, 0.15) is 98.8 Å². The Labute approximate surface area is 250 Å². The van der Waals surface area contributed by atoms with Crippen molar-refractivity contribution in [1.29, 1.82) is 0 Å². The quantitative estimate of drug-likeness (QED) is 0.236. The third kappa shape index (κ3) is 8.55. The monoisotopic (exact) mass is 590 g/mol. The summed E-state index contributed by atoms with van der Waals surface area (Å²) < 4.78 is 12.5. The Morgan fingerprint density at radius 1 is 0.690 bits per heavy atom. The summed E-state index contributed by atoms with van der Waals surface area (Å²) in [6.45, 7) is 16.7. The molecule has 1 aliphatic rings. The van der Waals surface area contributed by atoms with E-state index < -0.39 is 75.5 Å². The van der Waals surface area contributed by atoms with Gasteiger partial charge in [-0.25, -0.2) is 0 Å². The van der Waals surface area contributed by atoms with Crippen LogP contribution in [0.2, 0.25) is 0 Å². The van der Waals surface area contributed by atoms with Crippen molar-refractivity contribution in [3.63, 3.8) is 0 Å². The Hall–Kier alpha value is -2.94. The van der Waals surface area contributed by atoms with Gasteiger partial charge in [0, 0.05) is 0 Å². The van der Waals surface area contributed by atoms with Crippen LogP contribution in [-0.2, 0) is 28.7 Å². The van der Waals surface area contributed by atoms with Gasteiger partial charge in [-0.2, -0.15) is 0 Å². The fourth-order valence-corrected chi connectivity index (χ4v) is 5.70. The molecule has 0 unspecified atom stereocenters. The predicted octanol–water partition coefficient (Wildman–Crippen LogP) is 6.38. The molecule has 1 aromatic rings. The molecule has 1 aromatic carbocycles. The minimum atomic E-state index is -1.21. The number of esters is 1. The molecule has 9 nitrogen and oxygen atoms in total. The second kappa shape index (κ2) is 12.7. The number of carbonyl (C=O) groups excluding carboxylic acids is 1. The maximum atomic E-state index is 12.8. The zero-order valence-electron chi connectivity index (χ0n) is 26.8. The molecule has 0 spiro atoms. The highest BCUT2D eigenvalue weighted by atomic mass is 16.6. The Morgan fingerprint density at radius 3 is 1.50 bits per heavy atom. The summed E-state index contributed by atoms with van der Waals surface area (Å²) in [4.78, 5) is 49.9. The number of carboxylic acids is 3. The van der Waals surface area contributed by atoms with Gasteiger partial charge in [-0.15, -0.1) is 0 Å². The van der Waals surface area contributed by atoms with Crippen LogP contribution in [0.4, 0.5) is 0 Å². The van der Waals surface area contributed by atoms with E-state index in [4.69, 9.17) is 9.47 Å². The molecule has 0 radical (unpaired) electrons. The molecule has 1 aliphatic heterocycles. The molecule has 0 aliphatic carbocycles. The Kier molecular flexibility index (Phi) is 10.7. The van der Waals surface area contributed by atoms with Crippen molar-refractivity contribution in [1.82, 2.24) is 0 Å². The lowest BCUT2D eigenvalue weighted by Gasteiger charge is -2.51. The van der Waals surface area contributed by atoms with Crippen LogP contribution >= 0.6 is 0 Å². The summed E-state index contributed by atoms with van der Waals surface area (Å²) >= 11 is 0. The summed E-state index contributed by atoms with van der Waals surface area (Å²) in [5.74, 6) is -4.95. The average molecular weight is 591 g/mol. The van der Waals surface area contributed by atoms with Crippen molar-refractivity contribution in [2.45, 2.75) is 101 Å². The minimum Gasteiger partial charge on any atom is -0.481 e. The van der Waals surface area contributed by atoms with Gasteiger partial charge < -0.3 is 24.8 Å². The standard InChI is InChI=1S/C33H50O9/c1-19-11-13-20(14-12-19)25-23(17-33(9,10)28(38)39)21(15-31(5,6)26(34)35)22(16-32(7,8)27(36)37)24(42-25)18-41-29(40)30(2,3)4/h11-14,21-25H,15-18H2,1-10H3,(H,34,35)(H,36,37)(H,38,39)/t21-,22+,23-,24-,25+/m0/s1. The zero-order chi connectivity index (χ0) is 32.4. The number of benzene rings is 1. The fourth-order valence-electron chi connectivity index (χ4n) is 5.70. The molecule has 236 valence electrons. The third-order valence-electron chi connectivity index (χ3n) is 8.66. The molecule has 5 atom stereocenters. The van der Waals surface area contributed by atoms with E-state index in [1.54, 1.807) is 62.3 Å². The largest absolute Gasteiger partial charge is 0.481 e. The molecule has 9 heteroatoms. The van der Waals surface area contributed by atoms with E-state index in [1.807, 2.05) is 31.2 Å². The maximum absolute atomic E-state index is 12.8. The van der Waals surface area contributed by atoms with Gasteiger partial charge in [0.05, 0.1) is 33.9 Å². The maximum Gasteiger partial charge on any atom is 0.311 e. The van der Waals surface area contributed by atoms with Crippen molar-refractivity contribution < 1.29 is 44.0 Å². The van der Waals surface area contributed by atoms with Crippen molar-refractivity contribution in [2.24, 2.45) is 39.4 Å². The Balaban J connectivity index is 2.80. The second-order valence-electron chi connectivity index (χ2n) is 15.0. The number of hydrogen-bond donors (Lipinski definition) is 3. The van der Waals surface area contributed by atoms with Crippen LogP contribution in [0.3, 0.4) is 0 Å². The fraction of sp³-hybridized carbons (Fsp3) is 0.697. The van der Waals surface area contributed by atoms with E-state index in [0.29, 0.717) is 0 Å². The lowest BCUT2D eigenvalue weighted by molar-refractivity contribution is -0.199. The SMILES string of the molecule is Cc1ccc([C@H]2O[C@@H](COC(=O)C(C)(C)C)[C@H](CC(C)(C)C(=O)O)[C@H](CC(C)(C)C(=O)O)[C@@H]2CC(C)(C)C(=O)O)cc1. The molecule has 0 bridgehead atoms. The van der Waals surface area contributed by atoms with Gasteiger partial charge in [0.15, 0.2) is 0 Å². The Morgan fingerprint density at radius 2 is 1.10 bits per heavy atom. The van der Waals surface area contributed by atoms with Crippen molar-refractivity contribution in [2.75, 3.05) is 6.61 Å². The second-order valence-corrected chi connectivity index (χ2v) is 15.0. The topological polar surface area (TPSA) is 147 Å². The molecular weight excluding hydrogens is 540 g/mol. The molecule has 42 heavy (non-hydrogen) atoms. The molecular formula is C33H50O9. The summed E-state index contributed by atoms with van der Waals surface area (Å²) in [5.41, 5.74) is -2.55. The third-order valence-corrected chi connectivity index (χ3v) is 8.66. The Bertz CT molecular complexity index is 1140. The van der Waals surface area contributed by atoms with Gasteiger partial charge in [-0.3, -0.25) is 19.2 Å². The van der Waals surface area contributed by atoms with Crippen LogP contribution in [0.15, 0.2) is 24.3 Å². The molecule has 1 heterocycles. The summed E-state index contributed by atoms with van der Waals surface area (Å²) in [5, 5.41) is 30.3. The van der Waals surface area contributed by atoms with Crippen molar-refractivity contribution >= 4 is 23.9 Å². The number of ether oxygens (including phenoxy) is 2. The van der Waals surface area contributed by atoms with Crippen LogP contribution in [0.25, 0.3) is 0 Å². The summed E-state index contributed by atoms with van der Waals surface area (Å²) in [6.07, 6.45) is -0.954. The van der Waals surface area contributed by atoms with Crippen molar-refractivity contribution in [3.05, 3.63) is 35.4 Å². The average Bonchev–Trinajstić information content (AvgIpc) is 2.84. The molecule has 2 rings (SSSR count). The van der Waals surface area contributed by atoms with Crippen LogP contribution in [0, 0.1) is 46.3 Å². The number of rotatable bonds is 12. The van der Waals surface area contributed by atoms with Gasteiger partial charge in [0.25, 0.3) is 0 Å². The van der Waals surface area contributed by atoms with Gasteiger partial charge in [0.1, 0.15) is 6.61 Å². The van der Waals surface area contributed by atoms with Gasteiger partial charge in [-0.05, 0) is 112 Å². The number of aryl methyl sites for hydroxylation is 1. The minimum absolute atomic E-state index is 0.116. The normalized spacial score (nSPS) is 23.7. The molecule has 0 aromatic heterocycles. The first-order chi connectivity index (χ1) is 19.0. The highest BCUT2D eigenvalue weighted by Gasteiger charge is 2.53. The summed E-state index contributed by atoms with van der Waals surface area (Å²) in [7, 11) is 0. The van der Waals surface area contributed by atoms with E-state index in [1.165, 1.54) is 0 Å². The lowest BCUT2D eigenvalue weighted by Crippen LogP contribution is -2.51. The first-order valence-electron chi connectivity index (χ1n) is 14.6. The van der Waals surface area contributed by atoms with Crippen LogP contribution in [-0.4, -0.2) is 51.9 Å². The molecule has 1 fully saturated rings. The summed E-state index contributed by atoms with van der Waals surface area (Å²) in [6, 6.07) is 7.70. The molecule has 0 saturated carbocycles. The van der Waals surface area contributed by atoms with E-state index in [2.05, 4.69) is 0 Å². The van der Waals surface area contributed by atoms with E-state index in [-0.39, 0.29) is 25.9 Å². The smallest absolute Gasteiger partial charge is 0.311 e. The van der Waals surface area contributed by atoms with E-state index >= 15 is 0 Å². The highest BCUT2D eigenvalue weighted by molar-refractivity contribution is 5.76. The molecule has 3 N–H and O–H groups in total. The number of aliphatic carboxylic acids is 3. The first kappa shape index (κ1) is 35.3. The van der Waals surface area contributed by atoms with E-state index in [9.17, 15) is 34.5 Å². The highest BCUT2D eigenvalue weighted by Crippen LogP contribution is 2.54. The van der Waals surface area contributed by atoms with Gasteiger partial charge >= 0.3 is 23.9 Å².